The third-order valence-electron chi connectivity index (χ3n) is 2.98. The molecular formula is C17H26ClNO6. The van der Waals surface area contributed by atoms with Gasteiger partial charge in [-0.1, -0.05) is 25.4 Å². The van der Waals surface area contributed by atoms with E-state index < -0.39 is 18.0 Å². The second kappa shape index (κ2) is 13.6. The molecule has 142 valence electrons. The lowest BCUT2D eigenvalue weighted by molar-refractivity contribution is -0.132. The molecule has 7 nitrogen and oxygen atoms in total. The first-order valence-electron chi connectivity index (χ1n) is 8.10. The second-order valence-electron chi connectivity index (χ2n) is 4.73. The lowest BCUT2D eigenvalue weighted by Crippen LogP contribution is -2.37. The number of carbonyl (C=O) groups excluding carboxylic acids is 3. The van der Waals surface area contributed by atoms with Gasteiger partial charge in [-0.25, -0.2) is 0 Å². The van der Waals surface area contributed by atoms with Crippen LogP contribution in [0.15, 0.2) is 22.6 Å². The smallest absolute Gasteiger partial charge is 0.202 e. The summed E-state index contributed by atoms with van der Waals surface area (Å²) >= 11 is 5.83. The third kappa shape index (κ3) is 8.81. The van der Waals surface area contributed by atoms with E-state index in [1.54, 1.807) is 7.11 Å². The summed E-state index contributed by atoms with van der Waals surface area (Å²) in [6, 6.07) is 0. The monoisotopic (exact) mass is 375 g/mol. The number of methoxy groups -OCH3 is 1. The molecule has 0 bridgehead atoms. The lowest BCUT2D eigenvalue weighted by Gasteiger charge is -2.29. The maximum absolute atomic E-state index is 11.9. The van der Waals surface area contributed by atoms with Crippen LogP contribution in [0.5, 0.6) is 0 Å². The minimum atomic E-state index is -0.760. The average molecular weight is 376 g/mol. The molecule has 0 aromatic carbocycles. The molecule has 8 heteroatoms. The fourth-order valence-electron chi connectivity index (χ4n) is 1.62. The number of halogens is 1. The highest BCUT2D eigenvalue weighted by Crippen LogP contribution is 2.22. The van der Waals surface area contributed by atoms with Crippen molar-refractivity contribution in [2.75, 3.05) is 33.5 Å². The SMILES string of the molecule is CC.CCOC.O=CC(=O)CC(=O)C1=C(OC2COC2)C=C(Cl)NC1. The molecule has 25 heavy (non-hydrogen) atoms. The number of hydrogen-bond acceptors (Lipinski definition) is 7. The quantitative estimate of drug-likeness (QED) is 0.313. The van der Waals surface area contributed by atoms with Gasteiger partial charge in [0.25, 0.3) is 0 Å². The van der Waals surface area contributed by atoms with Gasteiger partial charge in [-0.2, -0.15) is 0 Å². The Morgan fingerprint density at radius 2 is 2.00 bits per heavy atom. The summed E-state index contributed by atoms with van der Waals surface area (Å²) < 4.78 is 15.1. The largest absolute Gasteiger partial charge is 0.485 e. The highest BCUT2D eigenvalue weighted by atomic mass is 35.5. The Kier molecular flexibility index (Phi) is 12.7. The van der Waals surface area contributed by atoms with Crippen molar-refractivity contribution in [1.29, 1.82) is 0 Å². The molecule has 1 saturated heterocycles. The van der Waals surface area contributed by atoms with E-state index in [1.165, 1.54) is 6.08 Å². The van der Waals surface area contributed by atoms with Crippen LogP contribution in [-0.4, -0.2) is 57.4 Å². The van der Waals surface area contributed by atoms with Gasteiger partial charge < -0.3 is 19.5 Å². The van der Waals surface area contributed by atoms with E-state index in [9.17, 15) is 14.4 Å². The van der Waals surface area contributed by atoms with Crippen LogP contribution in [0, 0.1) is 0 Å². The van der Waals surface area contributed by atoms with Crippen molar-refractivity contribution in [1.82, 2.24) is 5.32 Å². The van der Waals surface area contributed by atoms with Crippen LogP contribution in [0.2, 0.25) is 0 Å². The van der Waals surface area contributed by atoms with Crippen molar-refractivity contribution in [3.05, 3.63) is 22.6 Å². The third-order valence-corrected chi connectivity index (χ3v) is 3.22. The number of carbonyl (C=O) groups is 3. The van der Waals surface area contributed by atoms with Gasteiger partial charge in [0, 0.05) is 26.3 Å². The maximum atomic E-state index is 11.9. The second-order valence-corrected chi connectivity index (χ2v) is 5.13. The van der Waals surface area contributed by atoms with E-state index in [4.69, 9.17) is 21.1 Å². The number of Topliss-reactive ketones (excluding diaryl/α,β-unsaturated/α-hetero) is 2. The Bertz CT molecular complexity index is 509. The molecule has 1 N–H and O–H groups in total. The summed E-state index contributed by atoms with van der Waals surface area (Å²) in [5.74, 6) is -0.870. The topological polar surface area (TPSA) is 90.9 Å². The normalized spacial score (nSPS) is 16.0. The molecule has 1 fully saturated rings. The summed E-state index contributed by atoms with van der Waals surface area (Å²) in [6.07, 6.45) is 1.05. The molecular weight excluding hydrogens is 350 g/mol. The minimum absolute atomic E-state index is 0.113. The van der Waals surface area contributed by atoms with Gasteiger partial charge in [0.05, 0.1) is 25.2 Å². The first-order valence-corrected chi connectivity index (χ1v) is 8.48. The fourth-order valence-corrected chi connectivity index (χ4v) is 1.79. The Morgan fingerprint density at radius 3 is 2.44 bits per heavy atom. The zero-order chi connectivity index (χ0) is 19.2. The van der Waals surface area contributed by atoms with E-state index in [-0.39, 0.29) is 18.9 Å². The van der Waals surface area contributed by atoms with Gasteiger partial charge in [0.15, 0.2) is 12.1 Å². The number of ether oxygens (including phenoxy) is 3. The van der Waals surface area contributed by atoms with E-state index in [0.717, 1.165) is 6.61 Å². The van der Waals surface area contributed by atoms with Crippen LogP contribution in [0.4, 0.5) is 0 Å². The first-order chi connectivity index (χ1) is 12.0. The van der Waals surface area contributed by atoms with Crippen molar-refractivity contribution < 1.29 is 28.6 Å². The molecule has 0 aromatic heterocycles. The van der Waals surface area contributed by atoms with Gasteiger partial charge in [0.1, 0.15) is 17.0 Å². The van der Waals surface area contributed by atoms with Crippen molar-refractivity contribution in [3.8, 4) is 0 Å². The number of dihydropyridines is 1. The summed E-state index contributed by atoms with van der Waals surface area (Å²) in [7, 11) is 1.68. The molecule has 0 amide bonds. The Morgan fingerprint density at radius 1 is 1.40 bits per heavy atom. The number of nitrogens with one attached hydrogen (secondary N) is 1. The molecule has 2 aliphatic rings. The highest BCUT2D eigenvalue weighted by Gasteiger charge is 2.26. The molecule has 2 rings (SSSR count). The van der Waals surface area contributed by atoms with Gasteiger partial charge in [-0.3, -0.25) is 14.4 Å². The fraction of sp³-hybridized carbons (Fsp3) is 0.588. The van der Waals surface area contributed by atoms with E-state index in [1.807, 2.05) is 20.8 Å². The van der Waals surface area contributed by atoms with Crippen molar-refractivity contribution in [3.63, 3.8) is 0 Å². The summed E-state index contributed by atoms with van der Waals surface area (Å²) in [5, 5.41) is 3.14. The Balaban J connectivity index is 0.000000845. The van der Waals surface area contributed by atoms with Crippen molar-refractivity contribution >= 4 is 29.5 Å². The van der Waals surface area contributed by atoms with E-state index in [2.05, 4.69) is 10.1 Å². The summed E-state index contributed by atoms with van der Waals surface area (Å²) in [6.45, 7) is 7.86. The van der Waals surface area contributed by atoms with E-state index in [0.29, 0.717) is 29.7 Å². The van der Waals surface area contributed by atoms with Crippen LogP contribution in [0.25, 0.3) is 0 Å². The van der Waals surface area contributed by atoms with Gasteiger partial charge in [0.2, 0.25) is 5.78 Å². The molecule has 0 saturated carbocycles. The van der Waals surface area contributed by atoms with Gasteiger partial charge in [-0.05, 0) is 6.92 Å². The summed E-state index contributed by atoms with van der Waals surface area (Å²) in [5.41, 5.74) is 0.312. The Hall–Kier alpha value is -1.70. The predicted octanol–water partition coefficient (Wildman–Crippen LogP) is 1.75. The standard InChI is InChI=1S/C12H12ClNO5.C3H8O.C2H6/c13-12-2-11(19-8-5-18-6-8)9(3-14-12)10(17)1-7(16)4-15;1-3-4-2;1-2/h2,4,8,14H,1,3,5-6H2;3H2,1-2H3;1-2H3. The van der Waals surface area contributed by atoms with Crippen LogP contribution in [0.1, 0.15) is 27.2 Å². The van der Waals surface area contributed by atoms with Gasteiger partial charge in [-0.15, -0.1) is 0 Å². The van der Waals surface area contributed by atoms with Crippen LogP contribution in [-0.2, 0) is 28.6 Å². The zero-order valence-corrected chi connectivity index (χ0v) is 15.9. The molecule has 2 aliphatic heterocycles. The molecule has 0 aliphatic carbocycles. The number of allylic oxidation sites excluding steroid dienone is 1. The van der Waals surface area contributed by atoms with Crippen LogP contribution in [0.3, 0.4) is 0 Å². The molecule has 0 unspecified atom stereocenters. The molecule has 2 heterocycles. The Labute approximate surface area is 153 Å². The minimum Gasteiger partial charge on any atom is -0.485 e. The first kappa shape index (κ1) is 23.3. The zero-order valence-electron chi connectivity index (χ0n) is 15.1. The van der Waals surface area contributed by atoms with Crippen LogP contribution < -0.4 is 5.32 Å². The molecule has 0 aromatic rings. The maximum Gasteiger partial charge on any atom is 0.202 e. The predicted molar refractivity (Wildman–Crippen MR) is 94.2 cm³/mol. The summed E-state index contributed by atoms with van der Waals surface area (Å²) in [4.78, 5) is 33.2. The van der Waals surface area contributed by atoms with E-state index >= 15 is 0 Å². The highest BCUT2D eigenvalue weighted by molar-refractivity contribution is 6.31. The van der Waals surface area contributed by atoms with Crippen molar-refractivity contribution in [2.45, 2.75) is 33.3 Å². The molecule has 0 spiro atoms. The average Bonchev–Trinajstić information content (AvgIpc) is 2.60. The van der Waals surface area contributed by atoms with Gasteiger partial charge >= 0.3 is 0 Å². The molecule has 0 radical (unpaired) electrons. The number of aldehydes is 1. The van der Waals surface area contributed by atoms with Crippen LogP contribution >= 0.6 is 11.6 Å². The lowest BCUT2D eigenvalue weighted by atomic mass is 10.0. The number of ketones is 2. The molecule has 0 atom stereocenters. The number of hydrogen-bond donors (Lipinski definition) is 1. The number of rotatable bonds is 7. The van der Waals surface area contributed by atoms with Crippen molar-refractivity contribution in [2.24, 2.45) is 0 Å².